The first kappa shape index (κ1) is 154. The summed E-state index contributed by atoms with van der Waals surface area (Å²) in [5.74, 6) is 0. The van der Waals surface area contributed by atoms with Gasteiger partial charge in [0.15, 0.2) is 0 Å². The minimum absolute atomic E-state index is 0. The Hall–Kier alpha value is -16.4. The van der Waals surface area contributed by atoms with E-state index in [4.69, 9.17) is 136 Å². The standard InChI is InChI=1S/6C12H4N4.2CH4O.2Ce.16H2O/c6*13-5-11(6-14)9-1-2-10(4-3-9)12(7-15)8-16;2*1-2;;;;;;;;;;;;;;;;;;/h6*1-4H;2*2H,1H3;;;16*1H2. The molecule has 0 aromatic heterocycles. The Morgan fingerprint density at radius 3 is 0.186 bits per heavy atom. The van der Waals surface area contributed by atoms with Crippen molar-refractivity contribution in [3.8, 4) is 146 Å². The van der Waals surface area contributed by atoms with Crippen molar-refractivity contribution in [2.45, 2.75) is 0 Å². The van der Waals surface area contributed by atoms with Crippen molar-refractivity contribution in [2.75, 3.05) is 14.2 Å². The van der Waals surface area contributed by atoms with Gasteiger partial charge < -0.3 is 97.8 Å². The molecular weight excluding hydrogens is 1790 g/mol. The van der Waals surface area contributed by atoms with Gasteiger partial charge in [-0.2, -0.15) is 126 Å². The second-order valence-corrected chi connectivity index (χ2v) is 16.6. The molecule has 6 aromatic carbocycles. The quantitative estimate of drug-likeness (QED) is 0.143. The Morgan fingerprint density at radius 1 is 0.127 bits per heavy atom. The number of benzene rings is 6. The van der Waals surface area contributed by atoms with E-state index in [9.17, 15) is 0 Å². The van der Waals surface area contributed by atoms with Crippen molar-refractivity contribution in [2.24, 2.45) is 0 Å². The Labute approximate surface area is 736 Å². The van der Waals surface area contributed by atoms with Gasteiger partial charge in [0.1, 0.15) is 213 Å². The molecule has 44 heteroatoms. The average Bonchev–Trinajstić information content (AvgIpc) is 0.903. The van der Waals surface area contributed by atoms with Crippen LogP contribution in [0.2, 0.25) is 0 Å². The van der Waals surface area contributed by atoms with Gasteiger partial charge in [-0.1, -0.05) is 146 Å². The van der Waals surface area contributed by atoms with Crippen LogP contribution in [-0.2, 0) is 0 Å². The van der Waals surface area contributed by atoms with E-state index >= 15 is 0 Å². The zero-order valence-electron chi connectivity index (χ0n) is 60.5. The van der Waals surface area contributed by atoms with Crippen molar-refractivity contribution >= 4 is 66.9 Å². The molecule has 0 atom stereocenters. The minimum Gasteiger partial charge on any atom is -0.412 e. The molecule has 0 saturated carbocycles. The molecule has 0 bridgehead atoms. The molecule has 6 aromatic rings. The fourth-order valence-corrected chi connectivity index (χ4v) is 6.67. The Kier molecular flexibility index (Phi) is 122. The maximum Gasteiger partial charge on any atom is 0.136 e. The first-order valence-electron chi connectivity index (χ1n) is 26.2. The summed E-state index contributed by atoms with van der Waals surface area (Å²) in [5, 5.41) is 227. The van der Waals surface area contributed by atoms with Gasteiger partial charge in [0, 0.05) is 160 Å². The number of hydrogen-bond acceptors (Lipinski definition) is 26. The maximum absolute atomic E-state index is 8.63. The summed E-state index contributed by atoms with van der Waals surface area (Å²) >= 11 is 0. The van der Waals surface area contributed by atoms with Crippen molar-refractivity contribution in [3.63, 3.8) is 0 Å². The fraction of sp³-hybridized carbons (Fsp3) is 0.0270. The maximum atomic E-state index is 8.63. The summed E-state index contributed by atoms with van der Waals surface area (Å²) in [4.78, 5) is 0. The Balaban J connectivity index is -0.0000000522. The second-order valence-electron chi connectivity index (χ2n) is 16.6. The van der Waals surface area contributed by atoms with Crippen molar-refractivity contribution in [3.05, 3.63) is 208 Å². The average molecular weight is 1860 g/mol. The summed E-state index contributed by atoms with van der Waals surface area (Å²) in [6.45, 7) is 0. The van der Waals surface area contributed by atoms with Gasteiger partial charge in [-0.3, -0.25) is 0 Å². The zero-order chi connectivity index (χ0) is 75.8. The van der Waals surface area contributed by atoms with E-state index in [1.54, 1.807) is 146 Å². The molecule has 0 amide bonds. The van der Waals surface area contributed by atoms with E-state index in [-0.39, 0.29) is 238 Å². The van der Waals surface area contributed by atoms with Gasteiger partial charge in [0.2, 0.25) is 0 Å². The number of aliphatic hydroxyl groups is 2. The summed E-state index contributed by atoms with van der Waals surface area (Å²) in [7, 11) is 2.00. The molecule has 596 valence electrons. The molecular formula is C74H64Ce2N24O18. The third-order valence-corrected chi connectivity index (χ3v) is 11.5. The molecule has 0 aliphatic rings. The molecule has 42 nitrogen and oxygen atoms in total. The van der Waals surface area contributed by atoms with Crippen LogP contribution >= 0.6 is 0 Å². The van der Waals surface area contributed by atoms with Crippen LogP contribution in [0.25, 0.3) is 66.9 Å². The molecule has 0 saturated heterocycles. The van der Waals surface area contributed by atoms with Crippen LogP contribution in [0.15, 0.2) is 146 Å². The van der Waals surface area contributed by atoms with Crippen LogP contribution < -0.4 is 62.6 Å². The summed E-state index contributed by atoms with van der Waals surface area (Å²) < 4.78 is 0. The summed E-state index contributed by atoms with van der Waals surface area (Å²) in [6, 6.07) is 79.1. The number of hydrogen-bond donors (Lipinski definition) is 2. The van der Waals surface area contributed by atoms with Crippen molar-refractivity contribution in [1.82, 2.24) is 0 Å². The fourth-order valence-electron chi connectivity index (χ4n) is 6.67. The van der Waals surface area contributed by atoms with Gasteiger partial charge in [0.05, 0.1) is 0 Å². The first-order chi connectivity index (χ1) is 48.6. The molecule has 0 heterocycles. The van der Waals surface area contributed by atoms with E-state index in [1.165, 1.54) is 146 Å². The van der Waals surface area contributed by atoms with E-state index in [1.807, 2.05) is 0 Å². The van der Waals surface area contributed by atoms with Gasteiger partial charge >= 0.3 is 0 Å². The zero-order valence-corrected chi connectivity index (χ0v) is 66.8. The Bertz CT molecular complexity index is 4560. The molecule has 0 radical (unpaired) electrons. The molecule has 0 fully saturated rings. The topological polar surface area (TPSA) is 1120 Å². The third-order valence-electron chi connectivity index (χ3n) is 11.5. The largest absolute Gasteiger partial charge is 0.412 e. The summed E-state index contributed by atoms with van der Waals surface area (Å²) in [6.07, 6.45) is 0. The number of aliphatic hydroxyl groups excluding tert-OH is 2. The molecule has 0 aliphatic carbocycles. The third kappa shape index (κ3) is 49.6. The van der Waals surface area contributed by atoms with Crippen LogP contribution in [0.3, 0.4) is 0 Å². The Morgan fingerprint density at radius 2 is 0.161 bits per heavy atom. The molecule has 6 rings (SSSR count). The second kappa shape index (κ2) is 92.9. The first-order valence-corrected chi connectivity index (χ1v) is 26.2. The van der Waals surface area contributed by atoms with Gasteiger partial charge in [-0.05, 0) is 0 Å². The predicted octanol–water partition coefficient (Wildman–Crippen LogP) is -13.5. The van der Waals surface area contributed by atoms with E-state index < -0.39 is 0 Å². The van der Waals surface area contributed by atoms with Gasteiger partial charge in [-0.25, -0.2) is 0 Å². The minimum atomic E-state index is 0. The van der Waals surface area contributed by atoms with E-state index in [0.717, 1.165) is 14.2 Å². The molecule has 118 heavy (non-hydrogen) atoms. The van der Waals surface area contributed by atoms with Gasteiger partial charge in [0.25, 0.3) is 0 Å². The van der Waals surface area contributed by atoms with Crippen LogP contribution in [-0.4, -0.2) is 112 Å². The summed E-state index contributed by atoms with van der Waals surface area (Å²) in [5.41, 5.74) is 0.0224. The molecule has 0 spiro atoms. The van der Waals surface area contributed by atoms with Crippen LogP contribution in [0, 0.1) is 355 Å². The number of nitriles is 24. The molecule has 0 aliphatic heterocycles. The van der Waals surface area contributed by atoms with Crippen LogP contribution in [0.1, 0.15) is 0 Å². The van der Waals surface area contributed by atoms with Crippen LogP contribution in [0.5, 0.6) is 0 Å². The van der Waals surface area contributed by atoms with Gasteiger partial charge in [-0.15, -0.1) is 0 Å². The van der Waals surface area contributed by atoms with E-state index in [0.29, 0.717) is 62.6 Å². The van der Waals surface area contributed by atoms with Crippen molar-refractivity contribution in [1.29, 1.82) is 126 Å². The van der Waals surface area contributed by atoms with Crippen molar-refractivity contribution < 1.29 is 181 Å². The number of nitrogens with zero attached hydrogens (tertiary/aromatic N) is 24. The SMILES string of the molecule is CO.CO.N#CC(C#N)=c1ccc(=C(C#N)C#N)cc1.N#CC(C#N)=c1ccc(=C(C#N)C#N)cc1.N#CC(C#N)=c1ccc(=C(C#N)C#N)cc1.N#CC(C#N)=c1ccc(=C(C#N)C#N)cc1.N#CC(C#N)=c1ccc(=C(C#N)C#N)cc1.N#CC(C#N)=c1ccc(=C(C#N)C#N)cc1.O.O.O.O.O.O.O.O.O.O.O.O.O.O.O.O.[Ce].[Ce]. The molecule has 0 unspecified atom stereocenters. The monoisotopic (exact) mass is 1860 g/mol. The predicted molar refractivity (Wildman–Crippen MR) is 404 cm³/mol. The number of rotatable bonds is 0. The smallest absolute Gasteiger partial charge is 0.136 e. The normalized spacial score (nSPS) is 6.41. The van der Waals surface area contributed by atoms with Crippen LogP contribution in [0.4, 0.5) is 0 Å². The molecule has 34 N–H and O–H groups in total. The van der Waals surface area contributed by atoms with E-state index in [2.05, 4.69) is 0 Å².